The van der Waals surface area contributed by atoms with E-state index in [9.17, 15) is 0 Å². The summed E-state index contributed by atoms with van der Waals surface area (Å²) in [6, 6.07) is 65.4. The van der Waals surface area contributed by atoms with Gasteiger partial charge in [-0.3, -0.25) is 0 Å². The number of furan rings is 2. The fraction of sp³-hybridized carbons (Fsp3) is 0.0741. The molecule has 284 valence electrons. The normalized spacial score (nSPS) is 12.1. The van der Waals surface area contributed by atoms with E-state index in [1.165, 1.54) is 16.4 Å². The molecule has 0 radical (unpaired) electrons. The molecule has 0 spiro atoms. The first kappa shape index (κ1) is 35.1. The predicted octanol–water partition coefficient (Wildman–Crippen LogP) is 15.6. The van der Waals surface area contributed by atoms with Crippen molar-refractivity contribution in [3.8, 4) is 0 Å². The van der Waals surface area contributed by atoms with Crippen LogP contribution in [0.1, 0.15) is 5.56 Å². The van der Waals surface area contributed by atoms with Gasteiger partial charge in [-0.05, 0) is 136 Å². The number of rotatable bonds is 7. The number of fused-ring (bicyclic) bond motifs is 8. The van der Waals surface area contributed by atoms with Crippen LogP contribution in [-0.2, 0) is 0 Å². The fourth-order valence-electron chi connectivity index (χ4n) is 8.91. The van der Waals surface area contributed by atoms with E-state index in [-0.39, 0.29) is 0 Å². The molecule has 2 aromatic heterocycles. The van der Waals surface area contributed by atoms with Crippen molar-refractivity contribution in [1.29, 1.82) is 0 Å². The SMILES string of the molecule is Cc1ccccc1N(c1ccccc1)c1ccc2cc3c(cc2c1)oc1cc2c(cc13)oc1cc3cc(N(c4ccccc4)c4ccccc4[Si](C)(C)C)ccc3cc12. The van der Waals surface area contributed by atoms with Crippen LogP contribution in [0.4, 0.5) is 34.1 Å². The molecule has 0 fully saturated rings. The highest BCUT2D eigenvalue weighted by Gasteiger charge is 2.25. The molecule has 0 aliphatic heterocycles. The summed E-state index contributed by atoms with van der Waals surface area (Å²) in [5.74, 6) is 0. The van der Waals surface area contributed by atoms with Gasteiger partial charge in [-0.2, -0.15) is 0 Å². The molecule has 4 nitrogen and oxygen atoms in total. The topological polar surface area (TPSA) is 32.8 Å². The van der Waals surface area contributed by atoms with Gasteiger partial charge >= 0.3 is 0 Å². The van der Waals surface area contributed by atoms with Crippen LogP contribution in [0.3, 0.4) is 0 Å². The molecule has 2 heterocycles. The number of para-hydroxylation sites is 4. The Labute approximate surface area is 344 Å². The molecule has 11 rings (SSSR count). The van der Waals surface area contributed by atoms with Crippen molar-refractivity contribution < 1.29 is 8.83 Å². The van der Waals surface area contributed by atoms with Gasteiger partial charge in [0.25, 0.3) is 0 Å². The van der Waals surface area contributed by atoms with Crippen molar-refractivity contribution in [2.45, 2.75) is 26.6 Å². The molecule has 0 amide bonds. The van der Waals surface area contributed by atoms with Crippen LogP contribution >= 0.6 is 0 Å². The number of nitrogens with zero attached hydrogens (tertiary/aromatic N) is 2. The van der Waals surface area contributed by atoms with Crippen molar-refractivity contribution >= 4 is 113 Å². The molecule has 0 unspecified atom stereocenters. The second kappa shape index (κ2) is 13.5. The summed E-state index contributed by atoms with van der Waals surface area (Å²) in [5, 5.41) is 10.3. The lowest BCUT2D eigenvalue weighted by molar-refractivity contribution is 0.664. The zero-order valence-corrected chi connectivity index (χ0v) is 34.5. The summed E-state index contributed by atoms with van der Waals surface area (Å²) in [5.41, 5.74) is 11.5. The van der Waals surface area contributed by atoms with Gasteiger partial charge in [0.1, 0.15) is 22.3 Å². The lowest BCUT2D eigenvalue weighted by atomic mass is 10.0. The standard InChI is InChI=1S/C54H42N2O2Si/c1-35-15-11-12-20-48(35)55(40-16-7-5-8-17-40)42-25-23-36-29-44-46-33-53-47(34-52(46)57-50(44)31-38(36)27-42)45-30-37-24-26-43(28-39(37)32-51(45)58-53)56(41-18-9-6-10-19-41)49-21-13-14-22-54(49)59(2,3)4/h5-34H,1-4H3. The van der Waals surface area contributed by atoms with Gasteiger partial charge < -0.3 is 18.6 Å². The Bertz CT molecular complexity index is 3400. The monoisotopic (exact) mass is 778 g/mol. The second-order valence-corrected chi connectivity index (χ2v) is 21.7. The van der Waals surface area contributed by atoms with E-state index in [0.29, 0.717) is 0 Å². The molecule has 9 aromatic carbocycles. The lowest BCUT2D eigenvalue weighted by Gasteiger charge is -2.31. The van der Waals surface area contributed by atoms with Gasteiger partial charge in [0.2, 0.25) is 0 Å². The average Bonchev–Trinajstić information content (AvgIpc) is 3.78. The van der Waals surface area contributed by atoms with Gasteiger partial charge in [0.15, 0.2) is 0 Å². The first-order chi connectivity index (χ1) is 28.8. The summed E-state index contributed by atoms with van der Waals surface area (Å²) >= 11 is 0. The van der Waals surface area contributed by atoms with Gasteiger partial charge in [0.05, 0.1) is 8.07 Å². The average molecular weight is 779 g/mol. The highest BCUT2D eigenvalue weighted by molar-refractivity contribution is 6.89. The molecule has 0 aliphatic carbocycles. The Morgan fingerprint density at radius 3 is 1.29 bits per heavy atom. The van der Waals surface area contributed by atoms with E-state index in [4.69, 9.17) is 8.83 Å². The maximum Gasteiger partial charge on any atom is 0.136 e. The molecule has 0 saturated carbocycles. The summed E-state index contributed by atoms with van der Waals surface area (Å²) in [6.07, 6.45) is 0. The van der Waals surface area contributed by atoms with Crippen LogP contribution in [0.25, 0.3) is 65.4 Å². The Morgan fingerprint density at radius 2 is 0.780 bits per heavy atom. The van der Waals surface area contributed by atoms with E-state index < -0.39 is 8.07 Å². The number of hydrogen-bond donors (Lipinski definition) is 0. The van der Waals surface area contributed by atoms with E-state index >= 15 is 0 Å². The Morgan fingerprint density at radius 1 is 0.356 bits per heavy atom. The van der Waals surface area contributed by atoms with Gasteiger partial charge in [0, 0.05) is 55.7 Å². The maximum absolute atomic E-state index is 6.69. The molecule has 0 atom stereocenters. The third-order valence-electron chi connectivity index (χ3n) is 11.8. The first-order valence-electron chi connectivity index (χ1n) is 20.3. The molecule has 0 saturated heterocycles. The van der Waals surface area contributed by atoms with Crippen LogP contribution in [0.2, 0.25) is 19.6 Å². The van der Waals surface area contributed by atoms with Crippen molar-refractivity contribution in [3.05, 3.63) is 188 Å². The van der Waals surface area contributed by atoms with Crippen LogP contribution in [0.5, 0.6) is 0 Å². The van der Waals surface area contributed by atoms with Crippen molar-refractivity contribution in [2.75, 3.05) is 9.80 Å². The molecule has 11 aromatic rings. The van der Waals surface area contributed by atoms with E-state index in [2.05, 4.69) is 218 Å². The van der Waals surface area contributed by atoms with Crippen LogP contribution < -0.4 is 15.0 Å². The molecule has 59 heavy (non-hydrogen) atoms. The fourth-order valence-corrected chi connectivity index (χ4v) is 10.5. The van der Waals surface area contributed by atoms with Gasteiger partial charge in [-0.15, -0.1) is 0 Å². The van der Waals surface area contributed by atoms with Gasteiger partial charge in [-0.25, -0.2) is 0 Å². The summed E-state index contributed by atoms with van der Waals surface area (Å²) in [6.45, 7) is 9.41. The summed E-state index contributed by atoms with van der Waals surface area (Å²) < 4.78 is 13.4. The Balaban J connectivity index is 1.01. The Hall–Kier alpha value is -7.08. The van der Waals surface area contributed by atoms with Crippen LogP contribution in [0, 0.1) is 6.92 Å². The van der Waals surface area contributed by atoms with Crippen molar-refractivity contribution in [3.63, 3.8) is 0 Å². The summed E-state index contributed by atoms with van der Waals surface area (Å²) in [4.78, 5) is 4.73. The first-order valence-corrected chi connectivity index (χ1v) is 23.8. The second-order valence-electron chi connectivity index (χ2n) is 16.7. The molecule has 0 aliphatic rings. The molecule has 5 heteroatoms. The van der Waals surface area contributed by atoms with Crippen LogP contribution in [0.15, 0.2) is 191 Å². The maximum atomic E-state index is 6.69. The quantitative estimate of drug-likeness (QED) is 0.151. The summed E-state index contributed by atoms with van der Waals surface area (Å²) in [7, 11) is -1.66. The third kappa shape index (κ3) is 5.97. The zero-order valence-electron chi connectivity index (χ0n) is 33.5. The molecular weight excluding hydrogens is 737 g/mol. The van der Waals surface area contributed by atoms with E-state index in [1.807, 2.05) is 0 Å². The molecule has 0 bridgehead atoms. The van der Waals surface area contributed by atoms with Gasteiger partial charge in [-0.1, -0.05) is 105 Å². The van der Waals surface area contributed by atoms with E-state index in [1.54, 1.807) is 0 Å². The number of anilines is 6. The smallest absolute Gasteiger partial charge is 0.136 e. The van der Waals surface area contributed by atoms with Crippen molar-refractivity contribution in [1.82, 2.24) is 0 Å². The molecule has 0 N–H and O–H groups in total. The lowest BCUT2D eigenvalue weighted by Crippen LogP contribution is -2.40. The number of hydrogen-bond acceptors (Lipinski definition) is 4. The Kier molecular flexibility index (Phi) is 8.04. The van der Waals surface area contributed by atoms with E-state index in [0.717, 1.165) is 93.9 Å². The third-order valence-corrected chi connectivity index (χ3v) is 13.8. The zero-order chi connectivity index (χ0) is 39.8. The minimum atomic E-state index is -1.66. The molecular formula is C54H42N2O2Si. The highest BCUT2D eigenvalue weighted by Crippen LogP contribution is 2.43. The predicted molar refractivity (Wildman–Crippen MR) is 253 cm³/mol. The van der Waals surface area contributed by atoms with Crippen molar-refractivity contribution in [2.24, 2.45) is 0 Å². The number of benzene rings is 9. The van der Waals surface area contributed by atoms with Crippen LogP contribution in [-0.4, -0.2) is 8.07 Å². The minimum absolute atomic E-state index is 0.853. The highest BCUT2D eigenvalue weighted by atomic mass is 28.3. The number of aryl methyl sites for hydroxylation is 1. The minimum Gasteiger partial charge on any atom is -0.456 e. The largest absolute Gasteiger partial charge is 0.456 e.